The second-order valence-electron chi connectivity index (χ2n) is 6.70. The van der Waals surface area contributed by atoms with Crippen LogP contribution in [0.4, 0.5) is 4.79 Å². The Morgan fingerprint density at radius 2 is 1.95 bits per heavy atom. The van der Waals surface area contributed by atoms with Gasteiger partial charge in [0.25, 0.3) is 10.1 Å². The van der Waals surface area contributed by atoms with Gasteiger partial charge >= 0.3 is 6.09 Å². The molecule has 0 aromatic rings. The van der Waals surface area contributed by atoms with Gasteiger partial charge in [0.15, 0.2) is 0 Å². The minimum Gasteiger partial charge on any atom is -0.444 e. The van der Waals surface area contributed by atoms with Crippen LogP contribution < -0.4 is 0 Å². The predicted molar refractivity (Wildman–Crippen MR) is 73.7 cm³/mol. The van der Waals surface area contributed by atoms with Crippen LogP contribution >= 0.6 is 0 Å². The molecule has 1 saturated carbocycles. The SMILES string of the molecule is CC(C)(C)OC(=O)N1CCC2C(COS(C)(=O)=O)C2C1. The molecule has 3 unspecified atom stereocenters. The third-order valence-corrected chi connectivity index (χ3v) is 4.36. The quantitative estimate of drug-likeness (QED) is 0.738. The molecule has 20 heavy (non-hydrogen) atoms. The molecule has 0 aromatic carbocycles. The molecule has 2 fully saturated rings. The van der Waals surface area contributed by atoms with Crippen molar-refractivity contribution < 1.29 is 22.1 Å². The van der Waals surface area contributed by atoms with Gasteiger partial charge in [-0.25, -0.2) is 4.79 Å². The predicted octanol–water partition coefficient (Wildman–Crippen LogP) is 1.47. The van der Waals surface area contributed by atoms with E-state index in [2.05, 4.69) is 0 Å². The highest BCUT2D eigenvalue weighted by Gasteiger charge is 2.53. The summed E-state index contributed by atoms with van der Waals surface area (Å²) in [5.41, 5.74) is -0.490. The van der Waals surface area contributed by atoms with Crippen molar-refractivity contribution in [3.05, 3.63) is 0 Å². The van der Waals surface area contributed by atoms with Crippen molar-refractivity contribution in [3.63, 3.8) is 0 Å². The Morgan fingerprint density at radius 3 is 2.50 bits per heavy atom. The summed E-state index contributed by atoms with van der Waals surface area (Å²) in [5.74, 6) is 1.07. The number of ether oxygens (including phenoxy) is 1. The highest BCUT2D eigenvalue weighted by atomic mass is 32.2. The van der Waals surface area contributed by atoms with Crippen LogP contribution in [-0.2, 0) is 19.0 Å². The van der Waals surface area contributed by atoms with Crippen LogP contribution in [0.1, 0.15) is 27.2 Å². The van der Waals surface area contributed by atoms with Gasteiger partial charge in [-0.1, -0.05) is 0 Å². The Kier molecular flexibility index (Phi) is 4.03. The third kappa shape index (κ3) is 4.09. The number of nitrogens with zero attached hydrogens (tertiary/aromatic N) is 1. The van der Waals surface area contributed by atoms with E-state index in [9.17, 15) is 13.2 Å². The molecule has 2 rings (SSSR count). The molecule has 1 aliphatic heterocycles. The zero-order chi connectivity index (χ0) is 15.1. The van der Waals surface area contributed by atoms with E-state index in [1.807, 2.05) is 20.8 Å². The van der Waals surface area contributed by atoms with E-state index in [1.165, 1.54) is 0 Å². The van der Waals surface area contributed by atoms with Crippen LogP contribution in [0.3, 0.4) is 0 Å². The van der Waals surface area contributed by atoms with E-state index < -0.39 is 15.7 Å². The Hall–Kier alpha value is -0.820. The van der Waals surface area contributed by atoms with Crippen molar-refractivity contribution in [3.8, 4) is 0 Å². The molecule has 0 spiro atoms. The van der Waals surface area contributed by atoms with Gasteiger partial charge in [0.1, 0.15) is 5.60 Å². The number of piperidine rings is 1. The van der Waals surface area contributed by atoms with Gasteiger partial charge in [-0.05, 0) is 44.9 Å². The van der Waals surface area contributed by atoms with Crippen molar-refractivity contribution in [2.45, 2.75) is 32.8 Å². The van der Waals surface area contributed by atoms with Crippen LogP contribution in [0.15, 0.2) is 0 Å². The molecule has 1 saturated heterocycles. The van der Waals surface area contributed by atoms with Gasteiger partial charge in [-0.3, -0.25) is 4.18 Å². The van der Waals surface area contributed by atoms with Crippen LogP contribution in [0.2, 0.25) is 0 Å². The summed E-state index contributed by atoms with van der Waals surface area (Å²) in [4.78, 5) is 13.7. The summed E-state index contributed by atoms with van der Waals surface area (Å²) < 4.78 is 32.2. The average molecular weight is 305 g/mol. The van der Waals surface area contributed by atoms with E-state index in [0.29, 0.717) is 24.9 Å². The molecule has 0 bridgehead atoms. The molecule has 3 atom stereocenters. The fourth-order valence-electron chi connectivity index (χ4n) is 2.82. The lowest BCUT2D eigenvalue weighted by Gasteiger charge is -2.29. The number of hydrogen-bond acceptors (Lipinski definition) is 5. The molecule has 6 nitrogen and oxygen atoms in total. The molecule has 0 aromatic heterocycles. The third-order valence-electron chi connectivity index (χ3n) is 3.80. The van der Waals surface area contributed by atoms with E-state index in [0.717, 1.165) is 12.7 Å². The fourth-order valence-corrected chi connectivity index (χ4v) is 3.22. The Labute approximate surface area is 120 Å². The van der Waals surface area contributed by atoms with Crippen molar-refractivity contribution in [2.24, 2.45) is 17.8 Å². The fraction of sp³-hybridized carbons (Fsp3) is 0.923. The topological polar surface area (TPSA) is 72.9 Å². The summed E-state index contributed by atoms with van der Waals surface area (Å²) in [5, 5.41) is 0. The molecular formula is C13H23NO5S. The highest BCUT2D eigenvalue weighted by Crippen LogP contribution is 2.51. The lowest BCUT2D eigenvalue weighted by Crippen LogP contribution is -2.40. The monoisotopic (exact) mass is 305 g/mol. The van der Waals surface area contributed by atoms with Gasteiger partial charge in [-0.15, -0.1) is 0 Å². The van der Waals surface area contributed by atoms with Crippen LogP contribution in [-0.4, -0.2) is 51.0 Å². The first kappa shape index (κ1) is 15.6. The number of carbonyl (C=O) groups excluding carboxylic acids is 1. The highest BCUT2D eigenvalue weighted by molar-refractivity contribution is 7.85. The average Bonchev–Trinajstić information content (AvgIpc) is 2.95. The number of amides is 1. The van der Waals surface area contributed by atoms with Crippen molar-refractivity contribution in [1.29, 1.82) is 0 Å². The summed E-state index contributed by atoms with van der Waals surface area (Å²) in [6.45, 7) is 7.08. The molecule has 1 aliphatic carbocycles. The van der Waals surface area contributed by atoms with Crippen LogP contribution in [0.5, 0.6) is 0 Å². The first-order valence-electron chi connectivity index (χ1n) is 6.89. The first-order valence-corrected chi connectivity index (χ1v) is 8.71. The van der Waals surface area contributed by atoms with Gasteiger partial charge in [-0.2, -0.15) is 8.42 Å². The number of likely N-dealkylation sites (tertiary alicyclic amines) is 1. The minimum atomic E-state index is -3.38. The Bertz CT molecular complexity index is 481. The standard InChI is InChI=1S/C13H23NO5S/c1-13(2,3)19-12(15)14-6-5-9-10(7-14)11(9)8-18-20(4,16)17/h9-11H,5-8H2,1-4H3. The molecule has 1 amide bonds. The summed E-state index contributed by atoms with van der Waals surface area (Å²) >= 11 is 0. The van der Waals surface area contributed by atoms with E-state index in [-0.39, 0.29) is 18.6 Å². The number of rotatable bonds is 3. The zero-order valence-electron chi connectivity index (χ0n) is 12.5. The normalized spacial score (nSPS) is 29.8. The number of hydrogen-bond donors (Lipinski definition) is 0. The van der Waals surface area contributed by atoms with Crippen LogP contribution in [0, 0.1) is 17.8 Å². The molecule has 1 heterocycles. The number of carbonyl (C=O) groups is 1. The molecule has 2 aliphatic rings. The number of fused-ring (bicyclic) bond motifs is 1. The molecular weight excluding hydrogens is 282 g/mol. The van der Waals surface area contributed by atoms with Gasteiger partial charge in [0.2, 0.25) is 0 Å². The molecule has 7 heteroatoms. The summed E-state index contributed by atoms with van der Waals surface area (Å²) in [6, 6.07) is 0. The van der Waals surface area contributed by atoms with E-state index in [4.69, 9.17) is 8.92 Å². The maximum absolute atomic E-state index is 12.0. The smallest absolute Gasteiger partial charge is 0.410 e. The first-order chi connectivity index (χ1) is 9.07. The maximum Gasteiger partial charge on any atom is 0.410 e. The summed E-state index contributed by atoms with van der Waals surface area (Å²) in [6.07, 6.45) is 1.67. The van der Waals surface area contributed by atoms with Gasteiger partial charge in [0, 0.05) is 13.1 Å². The van der Waals surface area contributed by atoms with E-state index >= 15 is 0 Å². The largest absolute Gasteiger partial charge is 0.444 e. The maximum atomic E-state index is 12.0. The summed E-state index contributed by atoms with van der Waals surface area (Å²) in [7, 11) is -3.38. The molecule has 116 valence electrons. The van der Waals surface area contributed by atoms with Gasteiger partial charge in [0.05, 0.1) is 12.9 Å². The molecule has 0 N–H and O–H groups in total. The molecule has 0 radical (unpaired) electrons. The Balaban J connectivity index is 1.82. The van der Waals surface area contributed by atoms with Crippen molar-refractivity contribution in [1.82, 2.24) is 4.90 Å². The van der Waals surface area contributed by atoms with Gasteiger partial charge < -0.3 is 9.64 Å². The minimum absolute atomic E-state index is 0.232. The zero-order valence-corrected chi connectivity index (χ0v) is 13.3. The second-order valence-corrected chi connectivity index (χ2v) is 8.34. The van der Waals surface area contributed by atoms with E-state index in [1.54, 1.807) is 4.90 Å². The Morgan fingerprint density at radius 1 is 1.30 bits per heavy atom. The lowest BCUT2D eigenvalue weighted by molar-refractivity contribution is 0.0206. The van der Waals surface area contributed by atoms with Crippen LogP contribution in [0.25, 0.3) is 0 Å². The lowest BCUT2D eigenvalue weighted by atomic mass is 10.1. The van der Waals surface area contributed by atoms with Crippen molar-refractivity contribution in [2.75, 3.05) is 26.0 Å². The second kappa shape index (κ2) is 5.18. The van der Waals surface area contributed by atoms with Crippen molar-refractivity contribution >= 4 is 16.2 Å².